The minimum atomic E-state index is -0.446. The molecule has 2 rings (SSSR count). The fourth-order valence-corrected chi connectivity index (χ4v) is 3.81. The molecule has 0 radical (unpaired) electrons. The van der Waals surface area contributed by atoms with Gasteiger partial charge in [0.1, 0.15) is 5.60 Å². The van der Waals surface area contributed by atoms with Gasteiger partial charge in [-0.2, -0.15) is 0 Å². The van der Waals surface area contributed by atoms with Gasteiger partial charge < -0.3 is 20.3 Å². The second kappa shape index (κ2) is 11.3. The van der Waals surface area contributed by atoms with Crippen LogP contribution in [-0.4, -0.2) is 85.3 Å². The fourth-order valence-electron chi connectivity index (χ4n) is 2.95. The molecule has 29 heavy (non-hydrogen) atoms. The number of nitrogens with one attached hydrogen (secondary N) is 2. The quantitative estimate of drug-likeness (QED) is 0.514. The van der Waals surface area contributed by atoms with Crippen LogP contribution < -0.4 is 10.6 Å². The summed E-state index contributed by atoms with van der Waals surface area (Å²) in [5.41, 5.74) is -0.446. The number of carbonyl (C=O) groups excluding carboxylic acids is 1. The summed E-state index contributed by atoms with van der Waals surface area (Å²) < 4.78 is 5.45. The van der Waals surface area contributed by atoms with Crippen LogP contribution in [0.5, 0.6) is 0 Å². The lowest BCUT2D eigenvalue weighted by atomic mass is 10.2. The summed E-state index contributed by atoms with van der Waals surface area (Å²) in [6, 6.07) is 0. The van der Waals surface area contributed by atoms with E-state index in [1.165, 1.54) is 4.88 Å². The molecule has 0 aliphatic carbocycles. The smallest absolute Gasteiger partial charge is 0.410 e. The Morgan fingerprint density at radius 2 is 1.93 bits per heavy atom. The molecule has 0 spiro atoms. The van der Waals surface area contributed by atoms with Crippen molar-refractivity contribution in [2.45, 2.75) is 46.1 Å². The SMILES string of the molecule is CCc1cnc(CCNC(=NC)NCCN2CCN(C(=O)OC(C)(C)C)CC2)s1. The number of ether oxygens (including phenoxy) is 1. The van der Waals surface area contributed by atoms with Crippen molar-refractivity contribution in [1.29, 1.82) is 0 Å². The molecule has 0 unspecified atom stereocenters. The molecule has 0 bridgehead atoms. The Kier molecular flexibility index (Phi) is 9.16. The molecule has 1 amide bonds. The molecule has 0 saturated carbocycles. The van der Waals surface area contributed by atoms with E-state index < -0.39 is 5.60 Å². The minimum absolute atomic E-state index is 0.217. The van der Waals surface area contributed by atoms with E-state index in [0.29, 0.717) is 13.1 Å². The van der Waals surface area contributed by atoms with Crippen molar-refractivity contribution in [2.75, 3.05) is 52.9 Å². The second-order valence-corrected chi connectivity index (χ2v) is 9.26. The van der Waals surface area contributed by atoms with Crippen molar-refractivity contribution < 1.29 is 9.53 Å². The molecule has 0 atom stereocenters. The number of aliphatic imine (C=N–C) groups is 1. The highest BCUT2D eigenvalue weighted by Gasteiger charge is 2.25. The van der Waals surface area contributed by atoms with E-state index in [-0.39, 0.29) is 6.09 Å². The van der Waals surface area contributed by atoms with E-state index in [2.05, 4.69) is 32.4 Å². The highest BCUT2D eigenvalue weighted by atomic mass is 32.1. The zero-order chi connectivity index (χ0) is 21.3. The molecule has 8 nitrogen and oxygen atoms in total. The summed E-state index contributed by atoms with van der Waals surface area (Å²) in [5.74, 6) is 0.810. The third-order valence-electron chi connectivity index (χ3n) is 4.55. The van der Waals surface area contributed by atoms with Crippen molar-refractivity contribution in [3.05, 3.63) is 16.1 Å². The van der Waals surface area contributed by atoms with Crippen LogP contribution in [-0.2, 0) is 17.6 Å². The van der Waals surface area contributed by atoms with Crippen LogP contribution in [0, 0.1) is 0 Å². The van der Waals surface area contributed by atoms with Gasteiger partial charge in [-0.3, -0.25) is 9.89 Å². The highest BCUT2D eigenvalue weighted by Crippen LogP contribution is 2.13. The van der Waals surface area contributed by atoms with Crippen LogP contribution in [0.4, 0.5) is 4.79 Å². The zero-order valence-electron chi connectivity index (χ0n) is 18.5. The highest BCUT2D eigenvalue weighted by molar-refractivity contribution is 7.11. The lowest BCUT2D eigenvalue weighted by Gasteiger charge is -2.35. The molecule has 2 heterocycles. The molecular weight excluding hydrogens is 388 g/mol. The molecule has 9 heteroatoms. The van der Waals surface area contributed by atoms with Crippen molar-refractivity contribution in [3.63, 3.8) is 0 Å². The maximum Gasteiger partial charge on any atom is 0.410 e. The van der Waals surface area contributed by atoms with Crippen LogP contribution in [0.2, 0.25) is 0 Å². The average molecular weight is 425 g/mol. The third kappa shape index (κ3) is 8.57. The molecule has 1 aromatic heterocycles. The van der Waals surface area contributed by atoms with E-state index >= 15 is 0 Å². The molecule has 164 valence electrons. The number of guanidine groups is 1. The number of nitrogens with zero attached hydrogens (tertiary/aromatic N) is 4. The van der Waals surface area contributed by atoms with E-state index in [0.717, 1.165) is 56.5 Å². The number of thiazole rings is 1. The monoisotopic (exact) mass is 424 g/mol. The number of hydrogen-bond acceptors (Lipinski definition) is 6. The summed E-state index contributed by atoms with van der Waals surface area (Å²) in [4.78, 5) is 26.3. The molecule has 0 aromatic carbocycles. The predicted octanol–water partition coefficient (Wildman–Crippen LogP) is 1.97. The zero-order valence-corrected chi connectivity index (χ0v) is 19.3. The number of aromatic nitrogens is 1. The number of aryl methyl sites for hydroxylation is 1. The van der Waals surface area contributed by atoms with Gasteiger partial charge in [0.15, 0.2) is 5.96 Å². The van der Waals surface area contributed by atoms with Gasteiger partial charge in [-0.25, -0.2) is 9.78 Å². The number of hydrogen-bond donors (Lipinski definition) is 2. The summed E-state index contributed by atoms with van der Waals surface area (Å²) in [6.07, 6.45) is 3.69. The Hall–Kier alpha value is -1.87. The van der Waals surface area contributed by atoms with E-state index in [1.54, 1.807) is 23.3 Å². The van der Waals surface area contributed by atoms with E-state index in [4.69, 9.17) is 4.74 Å². The molecule has 2 N–H and O–H groups in total. The maximum atomic E-state index is 12.1. The van der Waals surface area contributed by atoms with Crippen molar-refractivity contribution in [1.82, 2.24) is 25.4 Å². The van der Waals surface area contributed by atoms with Crippen LogP contribution in [0.15, 0.2) is 11.2 Å². The Labute approximate surface area is 178 Å². The van der Waals surface area contributed by atoms with Crippen LogP contribution in [0.25, 0.3) is 0 Å². The lowest BCUT2D eigenvalue weighted by Crippen LogP contribution is -2.51. The summed E-state index contributed by atoms with van der Waals surface area (Å²) in [5, 5.41) is 7.86. The largest absolute Gasteiger partial charge is 0.444 e. The summed E-state index contributed by atoms with van der Waals surface area (Å²) in [7, 11) is 1.79. The van der Waals surface area contributed by atoms with Crippen molar-refractivity contribution >= 4 is 23.4 Å². The van der Waals surface area contributed by atoms with Crippen molar-refractivity contribution in [3.8, 4) is 0 Å². The van der Waals surface area contributed by atoms with Gasteiger partial charge in [0.25, 0.3) is 0 Å². The van der Waals surface area contributed by atoms with Gasteiger partial charge in [-0.05, 0) is 27.2 Å². The first kappa shape index (κ1) is 23.4. The molecule has 1 aromatic rings. The van der Waals surface area contributed by atoms with E-state index in [1.807, 2.05) is 27.0 Å². The normalized spacial score (nSPS) is 16.0. The molecule has 1 saturated heterocycles. The van der Waals surface area contributed by atoms with Gasteiger partial charge in [-0.1, -0.05) is 6.92 Å². The standard InChI is InChI=1S/C20H36N6O2S/c1-6-16-15-24-17(29-16)7-8-22-18(21-5)23-9-10-25-11-13-26(14-12-25)19(27)28-20(2,3)4/h15H,6-14H2,1-5H3,(H2,21,22,23). The first-order valence-electron chi connectivity index (χ1n) is 10.4. The first-order chi connectivity index (χ1) is 13.8. The Morgan fingerprint density at radius 1 is 1.24 bits per heavy atom. The number of piperazine rings is 1. The van der Waals surface area contributed by atoms with E-state index in [9.17, 15) is 4.79 Å². The average Bonchev–Trinajstić information content (AvgIpc) is 3.14. The fraction of sp³-hybridized carbons (Fsp3) is 0.750. The van der Waals surface area contributed by atoms with Crippen LogP contribution in [0.1, 0.15) is 37.6 Å². The van der Waals surface area contributed by atoms with Gasteiger partial charge in [-0.15, -0.1) is 11.3 Å². The summed E-state index contributed by atoms with van der Waals surface area (Å²) in [6.45, 7) is 13.5. The van der Waals surface area contributed by atoms with Crippen LogP contribution >= 0.6 is 11.3 Å². The molecule has 1 aliphatic heterocycles. The summed E-state index contributed by atoms with van der Waals surface area (Å²) >= 11 is 1.78. The topological polar surface area (TPSA) is 82.1 Å². The number of carbonyl (C=O) groups is 1. The van der Waals surface area contributed by atoms with Gasteiger partial charge >= 0.3 is 6.09 Å². The Bertz CT molecular complexity index is 662. The Morgan fingerprint density at radius 3 is 2.52 bits per heavy atom. The number of rotatable bonds is 7. The Balaban J connectivity index is 1.60. The lowest BCUT2D eigenvalue weighted by molar-refractivity contribution is 0.0147. The molecule has 1 fully saturated rings. The van der Waals surface area contributed by atoms with Gasteiger partial charge in [0, 0.05) is 70.4 Å². The number of amides is 1. The molecular formula is C20H36N6O2S. The second-order valence-electron chi connectivity index (χ2n) is 8.06. The molecule has 1 aliphatic rings. The minimum Gasteiger partial charge on any atom is -0.444 e. The van der Waals surface area contributed by atoms with Gasteiger partial charge in [0.05, 0.1) is 5.01 Å². The van der Waals surface area contributed by atoms with Crippen LogP contribution in [0.3, 0.4) is 0 Å². The van der Waals surface area contributed by atoms with Crippen molar-refractivity contribution in [2.24, 2.45) is 4.99 Å². The first-order valence-corrected chi connectivity index (χ1v) is 11.2. The maximum absolute atomic E-state index is 12.1. The van der Waals surface area contributed by atoms with Gasteiger partial charge in [0.2, 0.25) is 0 Å². The predicted molar refractivity (Wildman–Crippen MR) is 119 cm³/mol. The third-order valence-corrected chi connectivity index (χ3v) is 5.75.